The van der Waals surface area contributed by atoms with Crippen LogP contribution in [0.5, 0.6) is 0 Å². The maximum Gasteiger partial charge on any atom is 0.411 e. The van der Waals surface area contributed by atoms with E-state index < -0.39 is 12.8 Å². The summed E-state index contributed by atoms with van der Waals surface area (Å²) in [6.45, 7) is -0.407. The second-order valence-electron chi connectivity index (χ2n) is 4.82. The normalized spacial score (nSPS) is 20.9. The predicted molar refractivity (Wildman–Crippen MR) is 64.1 cm³/mol. The van der Waals surface area contributed by atoms with Gasteiger partial charge in [-0.2, -0.15) is 18.2 Å². The topological polar surface area (TPSA) is 60.2 Å². The molecule has 20 heavy (non-hydrogen) atoms. The predicted octanol–water partition coefficient (Wildman–Crippen LogP) is 2.40. The second kappa shape index (κ2) is 7.03. The number of nitrogens with one attached hydrogen (secondary N) is 1. The largest absolute Gasteiger partial charge is 0.411 e. The van der Waals surface area contributed by atoms with E-state index in [1.165, 1.54) is 6.42 Å². The average molecular weight is 293 g/mol. The molecule has 1 aromatic heterocycles. The summed E-state index contributed by atoms with van der Waals surface area (Å²) in [6.07, 6.45) is 0.258. The molecule has 1 aliphatic rings. The number of aromatic nitrogens is 2. The van der Waals surface area contributed by atoms with E-state index in [-0.39, 0.29) is 19.1 Å². The van der Waals surface area contributed by atoms with Crippen LogP contribution in [0.4, 0.5) is 13.2 Å². The molecule has 5 nitrogen and oxygen atoms in total. The van der Waals surface area contributed by atoms with Gasteiger partial charge in [0.2, 0.25) is 5.89 Å². The molecule has 8 heteroatoms. The molecule has 0 amide bonds. The van der Waals surface area contributed by atoms with Crippen LogP contribution in [-0.4, -0.2) is 36.1 Å². The van der Waals surface area contributed by atoms with Crippen LogP contribution in [0.25, 0.3) is 0 Å². The molecule has 2 heterocycles. The molecule has 0 radical (unpaired) electrons. The Morgan fingerprint density at radius 1 is 1.30 bits per heavy atom. The fourth-order valence-corrected chi connectivity index (χ4v) is 2.10. The Hall–Kier alpha value is -1.15. The molecule has 114 valence electrons. The smallest absolute Gasteiger partial charge is 0.372 e. The highest BCUT2D eigenvalue weighted by Gasteiger charge is 2.27. The van der Waals surface area contributed by atoms with Crippen LogP contribution in [-0.2, 0) is 11.2 Å². The minimum atomic E-state index is -4.30. The summed E-state index contributed by atoms with van der Waals surface area (Å²) < 4.78 is 45.3. The number of rotatable bonds is 5. The van der Waals surface area contributed by atoms with Crippen LogP contribution >= 0.6 is 0 Å². The summed E-state index contributed by atoms with van der Waals surface area (Å²) in [5, 5.41) is 7.09. The second-order valence-corrected chi connectivity index (χ2v) is 4.82. The summed E-state index contributed by atoms with van der Waals surface area (Å²) in [4.78, 5) is 4.21. The molecule has 1 unspecified atom stereocenters. The Balaban J connectivity index is 1.77. The van der Waals surface area contributed by atoms with E-state index in [0.29, 0.717) is 11.7 Å². The van der Waals surface area contributed by atoms with Gasteiger partial charge in [-0.1, -0.05) is 18.0 Å². The standard InChI is InChI=1S/C12H18F3N3O2/c13-12(14,15)8-19-7-5-10-17-11(20-18-10)9-4-2-1-3-6-16-9/h9,16H,1-8H2. The van der Waals surface area contributed by atoms with Crippen LogP contribution in [0, 0.1) is 0 Å². The van der Waals surface area contributed by atoms with Gasteiger partial charge in [-0.25, -0.2) is 0 Å². The Kier molecular flexibility index (Phi) is 5.36. The van der Waals surface area contributed by atoms with E-state index >= 15 is 0 Å². The van der Waals surface area contributed by atoms with Gasteiger partial charge < -0.3 is 14.6 Å². The molecular weight excluding hydrogens is 275 g/mol. The van der Waals surface area contributed by atoms with Gasteiger partial charge in [0.25, 0.3) is 0 Å². The lowest BCUT2D eigenvalue weighted by Gasteiger charge is -2.09. The third kappa shape index (κ3) is 5.09. The van der Waals surface area contributed by atoms with Gasteiger partial charge >= 0.3 is 6.18 Å². The van der Waals surface area contributed by atoms with Crippen molar-refractivity contribution in [2.45, 2.75) is 44.3 Å². The molecule has 1 N–H and O–H groups in total. The lowest BCUT2D eigenvalue weighted by atomic mass is 10.1. The number of hydrogen-bond acceptors (Lipinski definition) is 5. The van der Waals surface area contributed by atoms with Gasteiger partial charge in [0.15, 0.2) is 5.82 Å². The first-order valence-electron chi connectivity index (χ1n) is 6.75. The van der Waals surface area contributed by atoms with E-state index in [0.717, 1.165) is 25.8 Å². The van der Waals surface area contributed by atoms with Crippen molar-refractivity contribution in [3.8, 4) is 0 Å². The lowest BCUT2D eigenvalue weighted by molar-refractivity contribution is -0.173. The maximum atomic E-state index is 11.9. The number of halogens is 3. The minimum absolute atomic E-state index is 0.0508. The van der Waals surface area contributed by atoms with Crippen LogP contribution in [0.2, 0.25) is 0 Å². The zero-order chi connectivity index (χ0) is 14.4. The van der Waals surface area contributed by atoms with E-state index in [1.807, 2.05) is 0 Å². The first-order chi connectivity index (χ1) is 9.54. The minimum Gasteiger partial charge on any atom is -0.372 e. The molecule has 0 spiro atoms. The van der Waals surface area contributed by atoms with Gasteiger partial charge in [0.05, 0.1) is 12.6 Å². The Morgan fingerprint density at radius 2 is 2.15 bits per heavy atom. The molecule has 1 fully saturated rings. The first-order valence-corrected chi connectivity index (χ1v) is 6.75. The summed E-state index contributed by atoms with van der Waals surface area (Å²) in [6, 6.07) is 0.0508. The lowest BCUT2D eigenvalue weighted by Crippen LogP contribution is -2.20. The van der Waals surface area contributed by atoms with Gasteiger partial charge in [-0.15, -0.1) is 0 Å². The molecule has 1 aliphatic heterocycles. The fourth-order valence-electron chi connectivity index (χ4n) is 2.10. The van der Waals surface area contributed by atoms with Crippen molar-refractivity contribution in [2.24, 2.45) is 0 Å². The molecular formula is C12H18F3N3O2. The Bertz CT molecular complexity index is 401. The summed E-state index contributed by atoms with van der Waals surface area (Å²) in [5.74, 6) is 0.894. The third-order valence-electron chi connectivity index (χ3n) is 3.08. The number of ether oxygens (including phenoxy) is 1. The van der Waals surface area contributed by atoms with E-state index in [4.69, 9.17) is 4.52 Å². The summed E-state index contributed by atoms with van der Waals surface area (Å²) in [7, 11) is 0. The van der Waals surface area contributed by atoms with Crippen molar-refractivity contribution >= 4 is 0 Å². The highest BCUT2D eigenvalue weighted by Crippen LogP contribution is 2.21. The fraction of sp³-hybridized carbons (Fsp3) is 0.833. The highest BCUT2D eigenvalue weighted by atomic mass is 19.4. The molecule has 0 aromatic carbocycles. The average Bonchev–Trinajstić information content (AvgIpc) is 2.67. The Morgan fingerprint density at radius 3 is 2.95 bits per heavy atom. The highest BCUT2D eigenvalue weighted by molar-refractivity contribution is 4.94. The SMILES string of the molecule is FC(F)(F)COCCc1noc(C2CCCCCN2)n1. The zero-order valence-corrected chi connectivity index (χ0v) is 11.1. The van der Waals surface area contributed by atoms with Crippen LogP contribution in [0.15, 0.2) is 4.52 Å². The maximum absolute atomic E-state index is 11.9. The van der Waals surface area contributed by atoms with Crippen molar-refractivity contribution < 1.29 is 22.4 Å². The zero-order valence-electron chi connectivity index (χ0n) is 11.1. The van der Waals surface area contributed by atoms with Gasteiger partial charge in [0.1, 0.15) is 6.61 Å². The molecule has 1 saturated heterocycles. The molecule has 0 saturated carbocycles. The Labute approximate surface area is 114 Å². The number of nitrogens with zero attached hydrogens (tertiary/aromatic N) is 2. The molecule has 0 aliphatic carbocycles. The first kappa shape index (κ1) is 15.2. The monoisotopic (exact) mass is 293 g/mol. The number of alkyl halides is 3. The number of hydrogen-bond donors (Lipinski definition) is 1. The molecule has 2 rings (SSSR count). The van der Waals surface area contributed by atoms with Crippen LogP contribution in [0.3, 0.4) is 0 Å². The third-order valence-corrected chi connectivity index (χ3v) is 3.08. The van der Waals surface area contributed by atoms with Crippen molar-refractivity contribution in [2.75, 3.05) is 19.8 Å². The van der Waals surface area contributed by atoms with Crippen molar-refractivity contribution in [3.63, 3.8) is 0 Å². The van der Waals surface area contributed by atoms with Gasteiger partial charge in [-0.05, 0) is 19.4 Å². The molecule has 0 bridgehead atoms. The van der Waals surface area contributed by atoms with Gasteiger partial charge in [0, 0.05) is 6.42 Å². The van der Waals surface area contributed by atoms with Crippen molar-refractivity contribution in [1.29, 1.82) is 0 Å². The van der Waals surface area contributed by atoms with E-state index in [9.17, 15) is 13.2 Å². The van der Waals surface area contributed by atoms with Crippen LogP contribution in [0.1, 0.15) is 43.4 Å². The van der Waals surface area contributed by atoms with E-state index in [2.05, 4.69) is 20.2 Å². The van der Waals surface area contributed by atoms with E-state index in [1.54, 1.807) is 0 Å². The molecule has 1 aromatic rings. The summed E-state index contributed by atoms with van der Waals surface area (Å²) >= 11 is 0. The van der Waals surface area contributed by atoms with Gasteiger partial charge in [-0.3, -0.25) is 0 Å². The quantitative estimate of drug-likeness (QED) is 0.845. The van der Waals surface area contributed by atoms with Crippen molar-refractivity contribution in [3.05, 3.63) is 11.7 Å². The van der Waals surface area contributed by atoms with Crippen LogP contribution < -0.4 is 5.32 Å². The summed E-state index contributed by atoms with van der Waals surface area (Å²) in [5.41, 5.74) is 0. The van der Waals surface area contributed by atoms with Crippen molar-refractivity contribution in [1.82, 2.24) is 15.5 Å². The molecule has 1 atom stereocenters.